The minimum atomic E-state index is 0.281. The van der Waals surface area contributed by atoms with Crippen LogP contribution in [0.25, 0.3) is 0 Å². The molecule has 17 heavy (non-hydrogen) atoms. The van der Waals surface area contributed by atoms with Crippen molar-refractivity contribution < 1.29 is 4.79 Å². The largest absolute Gasteiger partial charge is 0.317 e. The van der Waals surface area contributed by atoms with Gasteiger partial charge in [-0.3, -0.25) is 9.69 Å². The van der Waals surface area contributed by atoms with Crippen LogP contribution in [-0.2, 0) is 4.79 Å². The molecule has 2 heterocycles. The Kier molecular flexibility index (Phi) is 3.48. The van der Waals surface area contributed by atoms with E-state index in [1.165, 1.54) is 25.7 Å². The number of rotatable bonds is 3. The lowest BCUT2D eigenvalue weighted by Gasteiger charge is -2.37. The number of nitrogens with zero attached hydrogens (tertiary/aromatic N) is 1. The summed E-state index contributed by atoms with van der Waals surface area (Å²) in [6.07, 6.45) is 8.41. The van der Waals surface area contributed by atoms with E-state index in [1.807, 2.05) is 0 Å². The standard InChI is InChI=1S/C14H24N2O/c17-14(11-3-1-4-11)13-5-2-10-16(13)12-6-8-15-9-7-12/h11-13,15H,1-10H2. The van der Waals surface area contributed by atoms with Crippen molar-refractivity contribution in [1.82, 2.24) is 10.2 Å². The molecule has 2 saturated heterocycles. The summed E-state index contributed by atoms with van der Waals surface area (Å²) < 4.78 is 0. The summed E-state index contributed by atoms with van der Waals surface area (Å²) in [5.41, 5.74) is 0. The third-order valence-corrected chi connectivity index (χ3v) is 4.91. The minimum absolute atomic E-state index is 0.281. The summed E-state index contributed by atoms with van der Waals surface area (Å²) in [5.74, 6) is 0.995. The Hall–Kier alpha value is -0.410. The molecule has 0 spiro atoms. The predicted molar refractivity (Wildman–Crippen MR) is 68.0 cm³/mol. The number of Topliss-reactive ketones (excluding diaryl/α,β-unsaturated/α-hetero) is 1. The molecule has 0 aromatic rings. The van der Waals surface area contributed by atoms with Crippen LogP contribution < -0.4 is 5.32 Å². The molecule has 0 bridgehead atoms. The van der Waals surface area contributed by atoms with Crippen molar-refractivity contribution >= 4 is 5.78 Å². The number of nitrogens with one attached hydrogen (secondary N) is 1. The molecular formula is C14H24N2O. The first-order chi connectivity index (χ1) is 8.36. The monoisotopic (exact) mass is 236 g/mol. The van der Waals surface area contributed by atoms with Gasteiger partial charge in [0, 0.05) is 12.0 Å². The fraction of sp³-hybridized carbons (Fsp3) is 0.929. The second-order valence-electron chi connectivity index (χ2n) is 5.91. The third kappa shape index (κ3) is 2.27. The summed E-state index contributed by atoms with van der Waals surface area (Å²) in [6, 6.07) is 0.955. The van der Waals surface area contributed by atoms with E-state index in [-0.39, 0.29) is 6.04 Å². The van der Waals surface area contributed by atoms with Crippen molar-refractivity contribution in [2.24, 2.45) is 5.92 Å². The normalized spacial score (nSPS) is 32.6. The number of hydrogen-bond acceptors (Lipinski definition) is 3. The molecule has 3 nitrogen and oxygen atoms in total. The maximum Gasteiger partial charge on any atom is 0.153 e. The Bertz CT molecular complexity index is 282. The zero-order chi connectivity index (χ0) is 11.7. The molecule has 1 saturated carbocycles. The van der Waals surface area contributed by atoms with Gasteiger partial charge < -0.3 is 5.32 Å². The van der Waals surface area contributed by atoms with Gasteiger partial charge in [-0.05, 0) is 58.2 Å². The molecule has 1 atom stereocenters. The minimum Gasteiger partial charge on any atom is -0.317 e. The summed E-state index contributed by atoms with van der Waals surface area (Å²) in [5, 5.41) is 3.42. The molecule has 0 aromatic heterocycles. The number of likely N-dealkylation sites (tertiary alicyclic amines) is 1. The van der Waals surface area contributed by atoms with Crippen LogP contribution >= 0.6 is 0 Å². The molecule has 3 fully saturated rings. The summed E-state index contributed by atoms with van der Waals surface area (Å²) in [7, 11) is 0. The second kappa shape index (κ2) is 5.07. The average Bonchev–Trinajstić information content (AvgIpc) is 2.76. The van der Waals surface area contributed by atoms with Gasteiger partial charge in [0.25, 0.3) is 0 Å². The number of carbonyl (C=O) groups excluding carboxylic acids is 1. The van der Waals surface area contributed by atoms with Crippen molar-refractivity contribution in [3.8, 4) is 0 Å². The van der Waals surface area contributed by atoms with Gasteiger partial charge in [-0.15, -0.1) is 0 Å². The van der Waals surface area contributed by atoms with Gasteiger partial charge >= 0.3 is 0 Å². The molecule has 0 amide bonds. The van der Waals surface area contributed by atoms with Crippen LogP contribution in [0, 0.1) is 5.92 Å². The SMILES string of the molecule is O=C(C1CCC1)C1CCCN1C1CCNCC1. The van der Waals surface area contributed by atoms with E-state index < -0.39 is 0 Å². The van der Waals surface area contributed by atoms with Gasteiger partial charge in [0.2, 0.25) is 0 Å². The molecule has 3 rings (SSSR count). The van der Waals surface area contributed by atoms with Crippen molar-refractivity contribution in [3.63, 3.8) is 0 Å². The molecule has 1 N–H and O–H groups in total. The van der Waals surface area contributed by atoms with E-state index in [9.17, 15) is 4.79 Å². The van der Waals surface area contributed by atoms with Gasteiger partial charge in [-0.1, -0.05) is 6.42 Å². The highest BCUT2D eigenvalue weighted by atomic mass is 16.1. The number of carbonyl (C=O) groups is 1. The Balaban J connectivity index is 1.63. The average molecular weight is 236 g/mol. The Labute approximate surface area is 104 Å². The molecule has 3 aliphatic rings. The van der Waals surface area contributed by atoms with Crippen molar-refractivity contribution in [2.45, 2.75) is 57.0 Å². The van der Waals surface area contributed by atoms with Crippen LogP contribution in [0.2, 0.25) is 0 Å². The topological polar surface area (TPSA) is 32.3 Å². The van der Waals surface area contributed by atoms with E-state index >= 15 is 0 Å². The lowest BCUT2D eigenvalue weighted by atomic mass is 9.79. The predicted octanol–water partition coefficient (Wildman–Crippen LogP) is 1.57. The number of hydrogen-bond donors (Lipinski definition) is 1. The first kappa shape index (κ1) is 11.7. The van der Waals surface area contributed by atoms with Crippen molar-refractivity contribution in [2.75, 3.05) is 19.6 Å². The van der Waals surface area contributed by atoms with E-state index in [4.69, 9.17) is 0 Å². The third-order valence-electron chi connectivity index (χ3n) is 4.91. The molecule has 2 aliphatic heterocycles. The molecule has 3 heteroatoms. The fourth-order valence-corrected chi connectivity index (χ4v) is 3.63. The van der Waals surface area contributed by atoms with Crippen LogP contribution in [0.5, 0.6) is 0 Å². The van der Waals surface area contributed by atoms with E-state index in [1.54, 1.807) is 0 Å². The zero-order valence-corrected chi connectivity index (χ0v) is 10.7. The van der Waals surface area contributed by atoms with Crippen LogP contribution in [0.15, 0.2) is 0 Å². The smallest absolute Gasteiger partial charge is 0.153 e. The van der Waals surface area contributed by atoms with Gasteiger partial charge in [0.15, 0.2) is 5.78 Å². The number of ketones is 1. The maximum atomic E-state index is 12.4. The lowest BCUT2D eigenvalue weighted by molar-refractivity contribution is -0.130. The summed E-state index contributed by atoms with van der Waals surface area (Å²) >= 11 is 0. The van der Waals surface area contributed by atoms with E-state index in [2.05, 4.69) is 10.2 Å². The Morgan fingerprint density at radius 1 is 1.00 bits per heavy atom. The first-order valence-electron chi connectivity index (χ1n) is 7.36. The van der Waals surface area contributed by atoms with Crippen molar-refractivity contribution in [3.05, 3.63) is 0 Å². The second-order valence-corrected chi connectivity index (χ2v) is 5.91. The van der Waals surface area contributed by atoms with Crippen LogP contribution in [0.4, 0.5) is 0 Å². The first-order valence-corrected chi connectivity index (χ1v) is 7.36. The summed E-state index contributed by atoms with van der Waals surface area (Å²) in [4.78, 5) is 15.0. The van der Waals surface area contributed by atoms with Crippen molar-refractivity contribution in [1.29, 1.82) is 0 Å². The molecule has 1 aliphatic carbocycles. The zero-order valence-electron chi connectivity index (χ0n) is 10.7. The number of piperidine rings is 1. The van der Waals surface area contributed by atoms with Crippen LogP contribution in [-0.4, -0.2) is 42.4 Å². The summed E-state index contributed by atoms with van der Waals surface area (Å²) in [6.45, 7) is 3.42. The lowest BCUT2D eigenvalue weighted by Crippen LogP contribution is -2.49. The van der Waals surface area contributed by atoms with Gasteiger partial charge in [-0.25, -0.2) is 0 Å². The highest BCUT2D eigenvalue weighted by Crippen LogP contribution is 2.33. The van der Waals surface area contributed by atoms with Gasteiger partial charge in [0.1, 0.15) is 0 Å². The van der Waals surface area contributed by atoms with Crippen LogP contribution in [0.1, 0.15) is 44.9 Å². The maximum absolute atomic E-state index is 12.4. The molecule has 0 aromatic carbocycles. The molecule has 1 unspecified atom stereocenters. The van der Waals surface area contributed by atoms with E-state index in [0.29, 0.717) is 17.7 Å². The van der Waals surface area contributed by atoms with Crippen LogP contribution in [0.3, 0.4) is 0 Å². The fourth-order valence-electron chi connectivity index (χ4n) is 3.63. The van der Waals surface area contributed by atoms with Gasteiger partial charge in [-0.2, -0.15) is 0 Å². The highest BCUT2D eigenvalue weighted by molar-refractivity contribution is 5.87. The molecule has 0 radical (unpaired) electrons. The molecular weight excluding hydrogens is 212 g/mol. The Morgan fingerprint density at radius 3 is 2.41 bits per heavy atom. The highest BCUT2D eigenvalue weighted by Gasteiger charge is 2.39. The Morgan fingerprint density at radius 2 is 1.76 bits per heavy atom. The van der Waals surface area contributed by atoms with E-state index in [0.717, 1.165) is 38.9 Å². The quantitative estimate of drug-likeness (QED) is 0.807. The molecule has 96 valence electrons. The van der Waals surface area contributed by atoms with Gasteiger partial charge in [0.05, 0.1) is 6.04 Å².